The largest absolute Gasteiger partial charge is 0.495 e. The van der Waals surface area contributed by atoms with Gasteiger partial charge in [-0.2, -0.15) is 0 Å². The van der Waals surface area contributed by atoms with Crippen LogP contribution in [0.1, 0.15) is 48.9 Å². The van der Waals surface area contributed by atoms with Crippen LogP contribution in [-0.4, -0.2) is 23.2 Å². The van der Waals surface area contributed by atoms with Gasteiger partial charge in [-0.1, -0.05) is 42.9 Å². The Labute approximate surface area is 134 Å². The van der Waals surface area contributed by atoms with E-state index in [0.29, 0.717) is 16.7 Å². The van der Waals surface area contributed by atoms with Gasteiger partial charge in [-0.05, 0) is 41.7 Å². The lowest BCUT2D eigenvalue weighted by Gasteiger charge is -2.19. The van der Waals surface area contributed by atoms with Crippen LogP contribution in [0.15, 0.2) is 18.2 Å². The van der Waals surface area contributed by atoms with Crippen LogP contribution in [0.5, 0.6) is 5.75 Å². The minimum Gasteiger partial charge on any atom is -0.495 e. The van der Waals surface area contributed by atoms with Crippen molar-refractivity contribution in [2.45, 2.75) is 32.7 Å². The average Bonchev–Trinajstić information content (AvgIpc) is 2.95. The van der Waals surface area contributed by atoms with Crippen molar-refractivity contribution < 1.29 is 4.74 Å². The summed E-state index contributed by atoms with van der Waals surface area (Å²) in [7, 11) is 1.63. The van der Waals surface area contributed by atoms with Crippen molar-refractivity contribution in [3.63, 3.8) is 0 Å². The van der Waals surface area contributed by atoms with Crippen molar-refractivity contribution in [3.8, 4) is 5.75 Å². The SMILES string of the molecule is CCNC(c1ccc(Cl)c(OC)c1)c1snnc1C(C)C. The maximum atomic E-state index is 6.12. The monoisotopic (exact) mass is 325 g/mol. The molecule has 0 spiro atoms. The number of rotatable bonds is 6. The van der Waals surface area contributed by atoms with Crippen LogP contribution in [-0.2, 0) is 0 Å². The van der Waals surface area contributed by atoms with E-state index in [1.807, 2.05) is 18.2 Å². The zero-order chi connectivity index (χ0) is 15.4. The van der Waals surface area contributed by atoms with E-state index in [2.05, 4.69) is 35.7 Å². The number of ether oxygens (including phenoxy) is 1. The van der Waals surface area contributed by atoms with Gasteiger partial charge in [0, 0.05) is 0 Å². The molecule has 1 atom stereocenters. The number of hydrogen-bond acceptors (Lipinski definition) is 5. The normalized spacial score (nSPS) is 12.7. The molecule has 1 aromatic heterocycles. The number of halogens is 1. The summed E-state index contributed by atoms with van der Waals surface area (Å²) in [5.41, 5.74) is 2.14. The highest BCUT2D eigenvalue weighted by Crippen LogP contribution is 2.34. The van der Waals surface area contributed by atoms with Crippen LogP contribution >= 0.6 is 23.1 Å². The maximum Gasteiger partial charge on any atom is 0.137 e. The summed E-state index contributed by atoms with van der Waals surface area (Å²) in [5.74, 6) is 1.02. The molecule has 2 aromatic rings. The van der Waals surface area contributed by atoms with Gasteiger partial charge in [0.25, 0.3) is 0 Å². The predicted molar refractivity (Wildman–Crippen MR) is 87.5 cm³/mol. The van der Waals surface area contributed by atoms with E-state index in [0.717, 1.165) is 22.7 Å². The molecular weight excluding hydrogens is 306 g/mol. The van der Waals surface area contributed by atoms with Gasteiger partial charge in [0.1, 0.15) is 5.75 Å². The van der Waals surface area contributed by atoms with Crippen LogP contribution in [0.4, 0.5) is 0 Å². The first kappa shape index (κ1) is 16.2. The Morgan fingerprint density at radius 3 is 2.76 bits per heavy atom. The van der Waals surface area contributed by atoms with Crippen LogP contribution in [0.2, 0.25) is 5.02 Å². The summed E-state index contributed by atoms with van der Waals surface area (Å²) in [6.07, 6.45) is 0. The van der Waals surface area contributed by atoms with Gasteiger partial charge >= 0.3 is 0 Å². The molecule has 1 N–H and O–H groups in total. The Bertz CT molecular complexity index is 600. The summed E-state index contributed by atoms with van der Waals surface area (Å²) >= 11 is 7.56. The molecule has 0 amide bonds. The van der Waals surface area contributed by atoms with E-state index in [4.69, 9.17) is 16.3 Å². The lowest BCUT2D eigenvalue weighted by molar-refractivity contribution is 0.414. The molecule has 1 unspecified atom stereocenters. The fourth-order valence-corrected chi connectivity index (χ4v) is 3.33. The first-order valence-electron chi connectivity index (χ1n) is 6.97. The number of hydrogen-bond donors (Lipinski definition) is 1. The minimum absolute atomic E-state index is 0.0542. The molecule has 1 aromatic carbocycles. The first-order valence-corrected chi connectivity index (χ1v) is 8.12. The Morgan fingerprint density at radius 2 is 2.14 bits per heavy atom. The second kappa shape index (κ2) is 7.20. The third-order valence-electron chi connectivity index (χ3n) is 3.27. The van der Waals surface area contributed by atoms with Gasteiger partial charge in [-0.25, -0.2) is 0 Å². The smallest absolute Gasteiger partial charge is 0.137 e. The molecule has 0 aliphatic heterocycles. The van der Waals surface area contributed by atoms with E-state index < -0.39 is 0 Å². The Kier molecular flexibility index (Phi) is 5.56. The van der Waals surface area contributed by atoms with E-state index in [-0.39, 0.29) is 6.04 Å². The summed E-state index contributed by atoms with van der Waals surface area (Å²) in [5, 5.41) is 8.39. The van der Waals surface area contributed by atoms with Gasteiger partial charge < -0.3 is 10.1 Å². The van der Waals surface area contributed by atoms with E-state index >= 15 is 0 Å². The number of methoxy groups -OCH3 is 1. The van der Waals surface area contributed by atoms with Crippen LogP contribution in [0, 0.1) is 0 Å². The van der Waals surface area contributed by atoms with Gasteiger partial charge in [-0.15, -0.1) is 5.10 Å². The van der Waals surface area contributed by atoms with Crippen molar-refractivity contribution in [1.82, 2.24) is 14.9 Å². The minimum atomic E-state index is 0.0542. The molecule has 21 heavy (non-hydrogen) atoms. The van der Waals surface area contributed by atoms with E-state index in [1.165, 1.54) is 11.5 Å². The van der Waals surface area contributed by atoms with E-state index in [9.17, 15) is 0 Å². The van der Waals surface area contributed by atoms with Gasteiger partial charge in [-0.3, -0.25) is 0 Å². The molecule has 1 heterocycles. The van der Waals surface area contributed by atoms with Crippen LogP contribution in [0.25, 0.3) is 0 Å². The average molecular weight is 326 g/mol. The summed E-state index contributed by atoms with van der Waals surface area (Å²) in [6.45, 7) is 7.20. The molecule has 114 valence electrons. The van der Waals surface area contributed by atoms with Crippen molar-refractivity contribution in [3.05, 3.63) is 39.4 Å². The summed E-state index contributed by atoms with van der Waals surface area (Å²) < 4.78 is 9.45. The van der Waals surface area contributed by atoms with Gasteiger partial charge in [0.2, 0.25) is 0 Å². The lowest BCUT2D eigenvalue weighted by atomic mass is 10.00. The van der Waals surface area contributed by atoms with Crippen molar-refractivity contribution in [2.75, 3.05) is 13.7 Å². The topological polar surface area (TPSA) is 47.0 Å². The fourth-order valence-electron chi connectivity index (χ4n) is 2.23. The maximum absolute atomic E-state index is 6.12. The second-order valence-electron chi connectivity index (χ2n) is 5.06. The molecule has 0 saturated carbocycles. The summed E-state index contributed by atoms with van der Waals surface area (Å²) in [6, 6.07) is 5.91. The highest BCUT2D eigenvalue weighted by Gasteiger charge is 2.22. The van der Waals surface area contributed by atoms with Gasteiger partial charge in [0.05, 0.1) is 28.7 Å². The third kappa shape index (κ3) is 3.54. The molecule has 0 bridgehead atoms. The zero-order valence-electron chi connectivity index (χ0n) is 12.7. The highest BCUT2D eigenvalue weighted by atomic mass is 35.5. The molecule has 4 nitrogen and oxygen atoms in total. The summed E-state index contributed by atoms with van der Waals surface area (Å²) in [4.78, 5) is 1.15. The Morgan fingerprint density at radius 1 is 1.38 bits per heavy atom. The molecular formula is C15H20ClN3OS. The second-order valence-corrected chi connectivity index (χ2v) is 6.25. The Hall–Kier alpha value is -1.17. The molecule has 0 fully saturated rings. The number of nitrogens with zero attached hydrogens (tertiary/aromatic N) is 2. The predicted octanol–water partition coefficient (Wildman–Crippen LogP) is 4.02. The third-order valence-corrected chi connectivity index (χ3v) is 4.38. The standard InChI is InChI=1S/C15H20ClN3OS/c1-5-17-14(15-13(9(2)3)18-19-21-15)10-6-7-11(16)12(8-10)20-4/h6-9,14,17H,5H2,1-4H3. The lowest BCUT2D eigenvalue weighted by Crippen LogP contribution is -2.22. The van der Waals surface area contributed by atoms with Crippen LogP contribution in [0.3, 0.4) is 0 Å². The van der Waals surface area contributed by atoms with Crippen molar-refractivity contribution in [2.24, 2.45) is 0 Å². The van der Waals surface area contributed by atoms with Crippen molar-refractivity contribution >= 4 is 23.1 Å². The quantitative estimate of drug-likeness (QED) is 0.871. The number of nitrogens with one attached hydrogen (secondary N) is 1. The highest BCUT2D eigenvalue weighted by molar-refractivity contribution is 7.05. The van der Waals surface area contributed by atoms with Gasteiger partial charge in [0.15, 0.2) is 0 Å². The number of aromatic nitrogens is 2. The Balaban J connectivity index is 2.45. The molecule has 6 heteroatoms. The molecule has 0 saturated heterocycles. The zero-order valence-corrected chi connectivity index (χ0v) is 14.3. The molecule has 0 radical (unpaired) electrons. The fraction of sp³-hybridized carbons (Fsp3) is 0.467. The van der Waals surface area contributed by atoms with E-state index in [1.54, 1.807) is 7.11 Å². The first-order chi connectivity index (χ1) is 10.1. The molecule has 2 rings (SSSR count). The molecule has 0 aliphatic rings. The molecule has 0 aliphatic carbocycles. The van der Waals surface area contributed by atoms with Crippen LogP contribution < -0.4 is 10.1 Å². The van der Waals surface area contributed by atoms with Crippen molar-refractivity contribution in [1.29, 1.82) is 0 Å². The number of benzene rings is 1.